The summed E-state index contributed by atoms with van der Waals surface area (Å²) in [5.41, 5.74) is 2.46. The lowest BCUT2D eigenvalue weighted by Gasteiger charge is -2.16. The number of carbonyl (C=O) groups excluding carboxylic acids is 1. The molecule has 1 saturated heterocycles. The lowest BCUT2D eigenvalue weighted by Crippen LogP contribution is -2.29. The van der Waals surface area contributed by atoms with Crippen LogP contribution in [0.15, 0.2) is 60.9 Å². The monoisotopic (exact) mass is 333 g/mol. The highest BCUT2D eigenvalue weighted by Crippen LogP contribution is 2.32. The van der Waals surface area contributed by atoms with E-state index in [4.69, 9.17) is 0 Å². The van der Waals surface area contributed by atoms with Crippen LogP contribution in [-0.2, 0) is 0 Å². The van der Waals surface area contributed by atoms with Crippen molar-refractivity contribution < 1.29 is 9.90 Å². The topological polar surface area (TPSA) is 66.3 Å². The number of benzene rings is 1. The van der Waals surface area contributed by atoms with Gasteiger partial charge in [-0.2, -0.15) is 0 Å². The minimum Gasteiger partial charge on any atom is -0.396 e. The van der Waals surface area contributed by atoms with Crippen molar-refractivity contribution >= 4 is 16.8 Å². The van der Waals surface area contributed by atoms with Crippen LogP contribution in [0, 0.1) is 5.92 Å². The molecule has 1 fully saturated rings. The lowest BCUT2D eigenvalue weighted by molar-refractivity contribution is 0.0781. The molecule has 1 aliphatic heterocycles. The van der Waals surface area contributed by atoms with Crippen molar-refractivity contribution in [2.24, 2.45) is 5.92 Å². The average molecular weight is 333 g/mol. The van der Waals surface area contributed by atoms with E-state index in [2.05, 4.69) is 9.97 Å². The molecular formula is C20H19N3O2. The Morgan fingerprint density at radius 3 is 2.76 bits per heavy atom. The largest absolute Gasteiger partial charge is 0.396 e. The maximum atomic E-state index is 12.9. The summed E-state index contributed by atoms with van der Waals surface area (Å²) in [4.78, 5) is 23.4. The molecule has 3 aromatic rings. The maximum Gasteiger partial charge on any atom is 0.253 e. The normalized spacial score (nSPS) is 20.1. The van der Waals surface area contributed by atoms with Crippen molar-refractivity contribution in [3.63, 3.8) is 0 Å². The third-order valence-electron chi connectivity index (χ3n) is 4.88. The van der Waals surface area contributed by atoms with Crippen LogP contribution in [0.5, 0.6) is 0 Å². The number of rotatable bonds is 3. The molecule has 0 radical (unpaired) electrons. The van der Waals surface area contributed by atoms with Gasteiger partial charge in [0.2, 0.25) is 0 Å². The first-order valence-corrected chi connectivity index (χ1v) is 8.42. The average Bonchev–Trinajstić information content (AvgIpc) is 3.12. The van der Waals surface area contributed by atoms with Crippen LogP contribution in [0.1, 0.15) is 22.0 Å². The second kappa shape index (κ2) is 6.61. The lowest BCUT2D eigenvalue weighted by atomic mass is 9.93. The summed E-state index contributed by atoms with van der Waals surface area (Å²) >= 11 is 0. The zero-order chi connectivity index (χ0) is 17.2. The van der Waals surface area contributed by atoms with Gasteiger partial charge in [-0.3, -0.25) is 14.8 Å². The third kappa shape index (κ3) is 2.98. The van der Waals surface area contributed by atoms with Gasteiger partial charge >= 0.3 is 0 Å². The van der Waals surface area contributed by atoms with E-state index in [1.807, 2.05) is 53.4 Å². The van der Waals surface area contributed by atoms with Crippen LogP contribution in [0.3, 0.4) is 0 Å². The number of pyridine rings is 2. The van der Waals surface area contributed by atoms with Crippen molar-refractivity contribution in [2.75, 3.05) is 19.7 Å². The van der Waals surface area contributed by atoms with Crippen molar-refractivity contribution in [3.05, 3.63) is 72.2 Å². The van der Waals surface area contributed by atoms with Crippen molar-refractivity contribution in [3.8, 4) is 0 Å². The van der Waals surface area contributed by atoms with Crippen LogP contribution in [0.25, 0.3) is 10.9 Å². The van der Waals surface area contributed by atoms with Gasteiger partial charge in [0.15, 0.2) is 0 Å². The molecule has 0 bridgehead atoms. The van der Waals surface area contributed by atoms with Gasteiger partial charge < -0.3 is 10.0 Å². The highest BCUT2D eigenvalue weighted by molar-refractivity contribution is 5.98. The number of aliphatic hydroxyl groups excluding tert-OH is 1. The smallest absolute Gasteiger partial charge is 0.253 e. The fourth-order valence-electron chi connectivity index (χ4n) is 3.54. The molecule has 2 atom stereocenters. The van der Waals surface area contributed by atoms with Crippen LogP contribution >= 0.6 is 0 Å². The summed E-state index contributed by atoms with van der Waals surface area (Å²) in [6.45, 7) is 1.17. The summed E-state index contributed by atoms with van der Waals surface area (Å²) in [7, 11) is 0. The van der Waals surface area contributed by atoms with E-state index >= 15 is 0 Å². The molecule has 1 aliphatic rings. The summed E-state index contributed by atoms with van der Waals surface area (Å²) < 4.78 is 0. The van der Waals surface area contributed by atoms with Crippen LogP contribution < -0.4 is 0 Å². The SMILES string of the molecule is O=C(c1ccc2ncccc2c1)N1C[C@@H](CO)[C@H](c2ccccn2)C1. The molecule has 3 heterocycles. The minimum absolute atomic E-state index is 0.0114. The Balaban J connectivity index is 1.59. The van der Waals surface area contributed by atoms with E-state index in [0.29, 0.717) is 18.7 Å². The molecule has 1 N–H and O–H groups in total. The Kier molecular flexibility index (Phi) is 4.15. The highest BCUT2D eigenvalue weighted by Gasteiger charge is 2.36. The molecule has 126 valence electrons. The van der Waals surface area contributed by atoms with Gasteiger partial charge in [-0.25, -0.2) is 0 Å². The highest BCUT2D eigenvalue weighted by atomic mass is 16.3. The van der Waals surface area contributed by atoms with E-state index in [1.54, 1.807) is 12.4 Å². The number of aliphatic hydroxyl groups is 1. The first kappa shape index (κ1) is 15.7. The molecule has 0 saturated carbocycles. The van der Waals surface area contributed by atoms with Gasteiger partial charge in [-0.15, -0.1) is 0 Å². The van der Waals surface area contributed by atoms with Gasteiger partial charge in [0.1, 0.15) is 0 Å². The second-order valence-corrected chi connectivity index (χ2v) is 6.42. The summed E-state index contributed by atoms with van der Waals surface area (Å²) in [6, 6.07) is 15.2. The Bertz CT molecular complexity index is 898. The molecule has 2 aromatic heterocycles. The number of carbonyl (C=O) groups is 1. The molecule has 0 unspecified atom stereocenters. The molecule has 25 heavy (non-hydrogen) atoms. The summed E-state index contributed by atoms with van der Waals surface area (Å²) in [5.74, 6) is 0.0703. The Morgan fingerprint density at radius 2 is 1.96 bits per heavy atom. The van der Waals surface area contributed by atoms with Crippen LogP contribution in [0.4, 0.5) is 0 Å². The predicted octanol–water partition coefficient (Wildman–Crippen LogP) is 2.48. The number of aromatic nitrogens is 2. The fraction of sp³-hybridized carbons (Fsp3) is 0.250. The number of likely N-dealkylation sites (tertiary alicyclic amines) is 1. The van der Waals surface area contributed by atoms with Crippen molar-refractivity contribution in [1.29, 1.82) is 0 Å². The Morgan fingerprint density at radius 1 is 1.08 bits per heavy atom. The first-order valence-electron chi connectivity index (χ1n) is 8.42. The van der Waals surface area contributed by atoms with E-state index in [-0.39, 0.29) is 24.3 Å². The number of fused-ring (bicyclic) bond motifs is 1. The van der Waals surface area contributed by atoms with Crippen molar-refractivity contribution in [2.45, 2.75) is 5.92 Å². The maximum absolute atomic E-state index is 12.9. The van der Waals surface area contributed by atoms with E-state index < -0.39 is 0 Å². The molecule has 0 aliphatic carbocycles. The number of amides is 1. The Hall–Kier alpha value is -2.79. The number of nitrogens with zero attached hydrogens (tertiary/aromatic N) is 3. The van der Waals surface area contributed by atoms with Gasteiger partial charge in [-0.1, -0.05) is 12.1 Å². The third-order valence-corrected chi connectivity index (χ3v) is 4.88. The molecule has 5 heteroatoms. The predicted molar refractivity (Wildman–Crippen MR) is 95.2 cm³/mol. The van der Waals surface area contributed by atoms with Gasteiger partial charge in [0.05, 0.1) is 5.52 Å². The van der Waals surface area contributed by atoms with Crippen LogP contribution in [-0.4, -0.2) is 45.6 Å². The number of hydrogen-bond acceptors (Lipinski definition) is 4. The van der Waals surface area contributed by atoms with E-state index in [0.717, 1.165) is 16.6 Å². The van der Waals surface area contributed by atoms with E-state index in [1.165, 1.54) is 0 Å². The summed E-state index contributed by atoms with van der Waals surface area (Å²) in [6.07, 6.45) is 3.50. The second-order valence-electron chi connectivity index (χ2n) is 6.42. The molecule has 5 nitrogen and oxygen atoms in total. The van der Waals surface area contributed by atoms with E-state index in [9.17, 15) is 9.90 Å². The molecular weight excluding hydrogens is 314 g/mol. The molecule has 4 rings (SSSR count). The standard InChI is InChI=1S/C20H19N3O2/c24-13-16-11-23(12-17(16)19-5-1-2-8-22-19)20(25)15-6-7-18-14(10-15)4-3-9-21-18/h1-10,16-17,24H,11-13H2/t16-,17+/m0/s1. The molecule has 1 aromatic carbocycles. The quantitative estimate of drug-likeness (QED) is 0.800. The van der Waals surface area contributed by atoms with Crippen LogP contribution in [0.2, 0.25) is 0 Å². The van der Waals surface area contributed by atoms with Gasteiger partial charge in [0.25, 0.3) is 5.91 Å². The van der Waals surface area contributed by atoms with Gasteiger partial charge in [0, 0.05) is 60.6 Å². The Labute approximate surface area is 146 Å². The van der Waals surface area contributed by atoms with Gasteiger partial charge in [-0.05, 0) is 36.4 Å². The molecule has 1 amide bonds. The summed E-state index contributed by atoms with van der Waals surface area (Å²) in [5, 5.41) is 10.7. The molecule has 0 spiro atoms. The zero-order valence-corrected chi connectivity index (χ0v) is 13.7. The minimum atomic E-state index is -0.0114. The van der Waals surface area contributed by atoms with Crippen molar-refractivity contribution in [1.82, 2.24) is 14.9 Å². The number of hydrogen-bond donors (Lipinski definition) is 1. The first-order chi connectivity index (χ1) is 12.3. The fourth-order valence-corrected chi connectivity index (χ4v) is 3.54. The zero-order valence-electron chi connectivity index (χ0n) is 13.7.